The summed E-state index contributed by atoms with van der Waals surface area (Å²) < 4.78 is 41.2. The summed E-state index contributed by atoms with van der Waals surface area (Å²) in [6, 6.07) is 4.15. The van der Waals surface area contributed by atoms with Gasteiger partial charge in [-0.3, -0.25) is 9.48 Å². The van der Waals surface area contributed by atoms with Gasteiger partial charge in [-0.1, -0.05) is 13.0 Å². The van der Waals surface area contributed by atoms with E-state index in [0.717, 1.165) is 23.7 Å². The summed E-state index contributed by atoms with van der Waals surface area (Å²) in [6.07, 6.45) is -2.89. The molecule has 1 aliphatic carbocycles. The Morgan fingerprint density at radius 3 is 2.50 bits per heavy atom. The van der Waals surface area contributed by atoms with E-state index in [9.17, 15) is 27.9 Å². The van der Waals surface area contributed by atoms with Crippen molar-refractivity contribution < 1.29 is 27.9 Å². The highest BCUT2D eigenvalue weighted by molar-refractivity contribution is 5.88. The minimum atomic E-state index is -4.41. The van der Waals surface area contributed by atoms with Crippen LogP contribution in [0.25, 0.3) is 0 Å². The van der Waals surface area contributed by atoms with E-state index < -0.39 is 17.7 Å². The molecule has 10 heteroatoms. The molecule has 1 N–H and O–H groups in total. The van der Waals surface area contributed by atoms with Gasteiger partial charge in [0, 0.05) is 43.1 Å². The molecule has 2 aliphatic rings. The molecule has 1 aliphatic heterocycles. The molecule has 2 heterocycles. The maximum absolute atomic E-state index is 13.2. The molecule has 1 saturated heterocycles. The molecule has 1 amide bonds. The van der Waals surface area contributed by atoms with Crippen LogP contribution in [0.15, 0.2) is 18.2 Å². The third kappa shape index (κ3) is 3.93. The molecule has 7 nitrogen and oxygen atoms in total. The van der Waals surface area contributed by atoms with Gasteiger partial charge < -0.3 is 14.9 Å². The summed E-state index contributed by atoms with van der Waals surface area (Å²) in [5.41, 5.74) is 1.60. The van der Waals surface area contributed by atoms with Gasteiger partial charge in [-0.2, -0.15) is 18.3 Å². The molecule has 4 rings (SSSR count). The molecule has 1 aromatic heterocycles. The molecule has 172 valence electrons. The lowest BCUT2D eigenvalue weighted by atomic mass is 10.0. The molecule has 0 saturated carbocycles. The number of carboxylic acids is 1. The first-order chi connectivity index (χ1) is 15.1. The number of hydrogen-bond acceptors (Lipinski definition) is 4. The second-order valence-electron chi connectivity index (χ2n) is 8.43. The fraction of sp³-hybridized carbons (Fsp3) is 0.500. The number of hydrogen-bond donors (Lipinski definition) is 1. The summed E-state index contributed by atoms with van der Waals surface area (Å²) in [5.74, 6) is -1.17. The van der Waals surface area contributed by atoms with Crippen LogP contribution in [0, 0.1) is 6.92 Å². The van der Waals surface area contributed by atoms with Crippen LogP contribution in [0.3, 0.4) is 0 Å². The smallest absolute Gasteiger partial charge is 0.416 e. The highest BCUT2D eigenvalue weighted by Gasteiger charge is 2.35. The van der Waals surface area contributed by atoms with Crippen molar-refractivity contribution in [3.05, 3.63) is 46.3 Å². The van der Waals surface area contributed by atoms with Crippen LogP contribution in [0.2, 0.25) is 0 Å². The summed E-state index contributed by atoms with van der Waals surface area (Å²) in [7, 11) is 0. The van der Waals surface area contributed by atoms with Crippen molar-refractivity contribution in [2.45, 2.75) is 45.3 Å². The maximum Gasteiger partial charge on any atom is 0.416 e. The predicted octanol–water partition coefficient (Wildman–Crippen LogP) is 3.31. The van der Waals surface area contributed by atoms with Gasteiger partial charge in [0.2, 0.25) is 5.91 Å². The van der Waals surface area contributed by atoms with Crippen molar-refractivity contribution in [3.63, 3.8) is 0 Å². The molecule has 0 bridgehead atoms. The van der Waals surface area contributed by atoms with Crippen LogP contribution in [0.5, 0.6) is 0 Å². The van der Waals surface area contributed by atoms with Gasteiger partial charge in [0.15, 0.2) is 5.69 Å². The number of benzene rings is 1. The zero-order valence-corrected chi connectivity index (χ0v) is 17.9. The monoisotopic (exact) mass is 450 g/mol. The van der Waals surface area contributed by atoms with E-state index in [1.165, 1.54) is 17.7 Å². The molecule has 1 unspecified atom stereocenters. The minimum absolute atomic E-state index is 0.0163. The Labute approximate surface area is 183 Å². The van der Waals surface area contributed by atoms with Crippen molar-refractivity contribution >= 4 is 17.6 Å². The maximum atomic E-state index is 13.2. The van der Waals surface area contributed by atoms with Crippen molar-refractivity contribution in [3.8, 4) is 0 Å². The van der Waals surface area contributed by atoms with Gasteiger partial charge in [-0.05, 0) is 43.4 Å². The standard InChI is InChI=1S/C22H25F3N4O3/c1-13-6-7-17-19(13)20(21(31)32)26-29(17)12-18(30)28-10-8-27(9-11-28)16-5-3-4-15(14(16)2)22(23,24)25/h3-5,13H,6-12H2,1-2H3,(H,31,32). The van der Waals surface area contributed by atoms with Gasteiger partial charge in [0.25, 0.3) is 0 Å². The third-order valence-electron chi connectivity index (χ3n) is 6.48. The average molecular weight is 450 g/mol. The van der Waals surface area contributed by atoms with Crippen LogP contribution in [-0.4, -0.2) is 57.8 Å². The zero-order valence-electron chi connectivity index (χ0n) is 17.9. The highest BCUT2D eigenvalue weighted by Crippen LogP contribution is 2.37. The number of rotatable bonds is 4. The fourth-order valence-electron chi connectivity index (χ4n) is 4.78. The first-order valence-electron chi connectivity index (χ1n) is 10.6. The number of alkyl halides is 3. The van der Waals surface area contributed by atoms with Crippen LogP contribution in [-0.2, 0) is 23.9 Å². The molecular weight excluding hydrogens is 425 g/mol. The highest BCUT2D eigenvalue weighted by atomic mass is 19.4. The van der Waals surface area contributed by atoms with Crippen molar-refractivity contribution in [2.75, 3.05) is 31.1 Å². The summed E-state index contributed by atoms with van der Waals surface area (Å²) in [6.45, 7) is 4.98. The van der Waals surface area contributed by atoms with Crippen LogP contribution >= 0.6 is 0 Å². The zero-order chi connectivity index (χ0) is 23.2. The summed E-state index contributed by atoms with van der Waals surface area (Å²) in [4.78, 5) is 27.9. The Bertz CT molecular complexity index is 1060. The largest absolute Gasteiger partial charge is 0.476 e. The van der Waals surface area contributed by atoms with Crippen LogP contribution in [0.1, 0.15) is 52.1 Å². The first kappa shape index (κ1) is 22.2. The lowest BCUT2D eigenvalue weighted by Gasteiger charge is -2.37. The molecule has 32 heavy (non-hydrogen) atoms. The van der Waals surface area contributed by atoms with E-state index in [4.69, 9.17) is 0 Å². The topological polar surface area (TPSA) is 78.7 Å². The lowest BCUT2D eigenvalue weighted by molar-refractivity contribution is -0.138. The van der Waals surface area contributed by atoms with Crippen molar-refractivity contribution in [1.29, 1.82) is 0 Å². The SMILES string of the molecule is Cc1c(N2CCN(C(=O)Cn3nc(C(=O)O)c4c3CCC4C)CC2)cccc1C(F)(F)F. The number of aromatic carboxylic acids is 1. The Morgan fingerprint density at radius 1 is 1.19 bits per heavy atom. The van der Waals surface area contributed by atoms with E-state index in [1.54, 1.807) is 11.0 Å². The lowest BCUT2D eigenvalue weighted by Crippen LogP contribution is -2.50. The fourth-order valence-corrected chi connectivity index (χ4v) is 4.78. The number of carbonyl (C=O) groups excluding carboxylic acids is 1. The van der Waals surface area contributed by atoms with Gasteiger partial charge in [0.1, 0.15) is 6.54 Å². The van der Waals surface area contributed by atoms with Crippen LogP contribution < -0.4 is 4.90 Å². The second-order valence-corrected chi connectivity index (χ2v) is 8.43. The Hall–Kier alpha value is -3.04. The number of nitrogens with zero attached hydrogens (tertiary/aromatic N) is 4. The van der Waals surface area contributed by atoms with Crippen LogP contribution in [0.4, 0.5) is 18.9 Å². The van der Waals surface area contributed by atoms with Gasteiger partial charge in [-0.25, -0.2) is 4.79 Å². The molecule has 1 aromatic carbocycles. The number of anilines is 1. The average Bonchev–Trinajstić information content (AvgIpc) is 3.28. The normalized spacial score (nSPS) is 18.7. The van der Waals surface area contributed by atoms with E-state index >= 15 is 0 Å². The van der Waals surface area contributed by atoms with Gasteiger partial charge in [-0.15, -0.1) is 0 Å². The van der Waals surface area contributed by atoms with Crippen molar-refractivity contribution in [2.24, 2.45) is 0 Å². The molecule has 0 spiro atoms. The predicted molar refractivity (Wildman–Crippen MR) is 111 cm³/mol. The number of fused-ring (bicyclic) bond motifs is 1. The number of carboxylic acid groups (broad SMARTS) is 1. The number of halogens is 3. The number of aromatic nitrogens is 2. The van der Waals surface area contributed by atoms with Gasteiger partial charge in [0.05, 0.1) is 5.56 Å². The Morgan fingerprint density at radius 2 is 1.88 bits per heavy atom. The molecule has 0 radical (unpaired) electrons. The van der Waals surface area contributed by atoms with E-state index in [0.29, 0.717) is 38.3 Å². The minimum Gasteiger partial charge on any atom is -0.476 e. The summed E-state index contributed by atoms with van der Waals surface area (Å²) >= 11 is 0. The third-order valence-corrected chi connectivity index (χ3v) is 6.48. The Balaban J connectivity index is 1.44. The first-order valence-corrected chi connectivity index (χ1v) is 10.6. The molecule has 1 fully saturated rings. The van der Waals surface area contributed by atoms with Gasteiger partial charge >= 0.3 is 12.1 Å². The van der Waals surface area contributed by atoms with E-state index in [2.05, 4.69) is 5.10 Å². The summed E-state index contributed by atoms with van der Waals surface area (Å²) in [5, 5.41) is 13.6. The number of amides is 1. The van der Waals surface area contributed by atoms with Crippen molar-refractivity contribution in [1.82, 2.24) is 14.7 Å². The molecule has 1 atom stereocenters. The molecular formula is C22H25F3N4O3. The quantitative estimate of drug-likeness (QED) is 0.773. The second kappa shape index (κ2) is 8.14. The number of piperazine rings is 1. The Kier molecular flexibility index (Phi) is 5.64. The number of carbonyl (C=O) groups is 2. The van der Waals surface area contributed by atoms with E-state index in [-0.39, 0.29) is 29.6 Å². The molecule has 2 aromatic rings. The van der Waals surface area contributed by atoms with E-state index in [1.807, 2.05) is 11.8 Å².